The molecule has 1 saturated heterocycles. The highest BCUT2D eigenvalue weighted by Gasteiger charge is 2.44. The van der Waals surface area contributed by atoms with Crippen LogP contribution >= 0.6 is 0 Å². The quantitative estimate of drug-likeness (QED) is 0.903. The first kappa shape index (κ1) is 12.0. The Bertz CT molecular complexity index is 660. The van der Waals surface area contributed by atoms with Crippen molar-refractivity contribution in [1.29, 1.82) is 0 Å². The van der Waals surface area contributed by atoms with Gasteiger partial charge in [0.1, 0.15) is 11.4 Å². The molecule has 5 heteroatoms. The third-order valence-corrected chi connectivity index (χ3v) is 3.45. The van der Waals surface area contributed by atoms with Gasteiger partial charge >= 0.3 is 0 Å². The summed E-state index contributed by atoms with van der Waals surface area (Å²) < 4.78 is 32.5. The summed E-state index contributed by atoms with van der Waals surface area (Å²) in [5.74, 6) is -1.23. The maximum Gasteiger partial charge on any atom is 0.284 e. The van der Waals surface area contributed by atoms with Gasteiger partial charge in [-0.3, -0.25) is 4.79 Å². The molecule has 1 aromatic heterocycles. The molecule has 1 atom stereocenters. The van der Waals surface area contributed by atoms with Crippen LogP contribution in [0.1, 0.15) is 17.5 Å². The fourth-order valence-corrected chi connectivity index (χ4v) is 2.39. The minimum absolute atomic E-state index is 0.189. The van der Waals surface area contributed by atoms with E-state index in [0.717, 1.165) is 0 Å². The lowest BCUT2D eigenvalue weighted by Crippen LogP contribution is -2.43. The molecule has 1 unspecified atom stereocenters. The monoisotopic (exact) mass is 263 g/mol. The van der Waals surface area contributed by atoms with Crippen LogP contribution in [0.3, 0.4) is 0 Å². The highest BCUT2D eigenvalue weighted by Crippen LogP contribution is 2.43. The third kappa shape index (κ3) is 1.77. The molecule has 0 saturated carbocycles. The van der Waals surface area contributed by atoms with Gasteiger partial charge in [0.15, 0.2) is 5.82 Å². The molecule has 0 spiro atoms. The van der Waals surface area contributed by atoms with Crippen molar-refractivity contribution in [3.63, 3.8) is 0 Å². The number of hydrogen-bond donors (Lipinski definition) is 1. The van der Waals surface area contributed by atoms with Crippen LogP contribution in [0, 0.1) is 11.6 Å². The molecule has 3 rings (SSSR count). The Morgan fingerprint density at radius 3 is 2.42 bits per heavy atom. The van der Waals surface area contributed by atoms with E-state index in [1.165, 1.54) is 24.4 Å². The molecular formula is C14H11F2NO2. The molecule has 2 heterocycles. The van der Waals surface area contributed by atoms with E-state index >= 15 is 0 Å². The van der Waals surface area contributed by atoms with Gasteiger partial charge in [-0.25, -0.2) is 8.78 Å². The highest BCUT2D eigenvalue weighted by atomic mass is 19.1. The molecule has 1 aliphatic rings. The topological polar surface area (TPSA) is 42.1 Å². The second-order valence-electron chi connectivity index (χ2n) is 4.47. The van der Waals surface area contributed by atoms with Crippen molar-refractivity contribution in [2.24, 2.45) is 0 Å². The Morgan fingerprint density at radius 2 is 1.84 bits per heavy atom. The largest absolute Gasteiger partial charge is 0.365 e. The Morgan fingerprint density at radius 1 is 1.16 bits per heavy atom. The Hall–Kier alpha value is -2.01. The number of halogens is 2. The van der Waals surface area contributed by atoms with Crippen molar-refractivity contribution in [2.45, 2.75) is 12.0 Å². The molecule has 0 radical (unpaired) electrons. The van der Waals surface area contributed by atoms with Gasteiger partial charge in [-0.1, -0.05) is 12.1 Å². The van der Waals surface area contributed by atoms with Crippen LogP contribution in [0.4, 0.5) is 8.78 Å². The minimum Gasteiger partial charge on any atom is -0.365 e. The molecule has 0 amide bonds. The first-order valence-electron chi connectivity index (χ1n) is 5.91. The predicted molar refractivity (Wildman–Crippen MR) is 64.8 cm³/mol. The average molecular weight is 263 g/mol. The molecule has 98 valence electrons. The molecule has 1 aromatic carbocycles. The Kier molecular flexibility index (Phi) is 2.71. The van der Waals surface area contributed by atoms with Gasteiger partial charge in [0.2, 0.25) is 0 Å². The molecule has 1 fully saturated rings. The summed E-state index contributed by atoms with van der Waals surface area (Å²) in [4.78, 5) is 13.6. The van der Waals surface area contributed by atoms with Crippen LogP contribution in [0.2, 0.25) is 0 Å². The van der Waals surface area contributed by atoms with Crippen LogP contribution in [0.15, 0.2) is 41.3 Å². The number of nitrogens with one attached hydrogen (secondary N) is 1. The second kappa shape index (κ2) is 4.28. The molecule has 2 aromatic rings. The lowest BCUT2D eigenvalue weighted by Gasteiger charge is -2.42. The third-order valence-electron chi connectivity index (χ3n) is 3.45. The molecular weight excluding hydrogens is 252 g/mol. The molecule has 0 aliphatic carbocycles. The van der Waals surface area contributed by atoms with E-state index in [1.54, 1.807) is 12.1 Å². The van der Waals surface area contributed by atoms with Gasteiger partial charge in [-0.2, -0.15) is 0 Å². The van der Waals surface area contributed by atoms with E-state index in [1.807, 2.05) is 0 Å². The first-order chi connectivity index (χ1) is 9.13. The Labute approximate surface area is 107 Å². The average Bonchev–Trinajstić information content (AvgIpc) is 2.35. The number of pyridine rings is 1. The van der Waals surface area contributed by atoms with E-state index in [4.69, 9.17) is 4.74 Å². The van der Waals surface area contributed by atoms with Crippen molar-refractivity contribution in [3.8, 4) is 0 Å². The zero-order valence-electron chi connectivity index (χ0n) is 9.95. The van der Waals surface area contributed by atoms with Crippen molar-refractivity contribution < 1.29 is 13.5 Å². The minimum atomic E-state index is -0.980. The van der Waals surface area contributed by atoms with Crippen molar-refractivity contribution in [1.82, 2.24) is 4.98 Å². The summed E-state index contributed by atoms with van der Waals surface area (Å²) in [6, 6.07) is 7.18. The van der Waals surface area contributed by atoms with Gasteiger partial charge in [0.05, 0.1) is 6.61 Å². The zero-order chi connectivity index (χ0) is 13.5. The lowest BCUT2D eigenvalue weighted by molar-refractivity contribution is -0.125. The van der Waals surface area contributed by atoms with E-state index in [9.17, 15) is 13.6 Å². The van der Waals surface area contributed by atoms with E-state index in [-0.39, 0.29) is 11.4 Å². The molecule has 0 bridgehead atoms. The summed E-state index contributed by atoms with van der Waals surface area (Å²) >= 11 is 0. The van der Waals surface area contributed by atoms with Gasteiger partial charge in [-0.05, 0) is 23.8 Å². The van der Waals surface area contributed by atoms with Crippen LogP contribution < -0.4 is 5.56 Å². The highest BCUT2D eigenvalue weighted by molar-refractivity contribution is 5.38. The van der Waals surface area contributed by atoms with Crippen LogP contribution in [0.5, 0.6) is 0 Å². The maximum atomic E-state index is 14.0. The smallest absolute Gasteiger partial charge is 0.284 e. The summed E-state index contributed by atoms with van der Waals surface area (Å²) in [7, 11) is 0. The molecule has 1 N–H and O–H groups in total. The number of ether oxygens (including phenoxy) is 1. The van der Waals surface area contributed by atoms with Gasteiger partial charge < -0.3 is 9.72 Å². The lowest BCUT2D eigenvalue weighted by atomic mass is 9.80. The number of H-pyrrole nitrogens is 1. The summed E-state index contributed by atoms with van der Waals surface area (Å²) in [5.41, 5.74) is -0.931. The summed E-state index contributed by atoms with van der Waals surface area (Å²) in [6.07, 6.45) is 1.94. The first-order valence-corrected chi connectivity index (χ1v) is 5.91. The maximum absolute atomic E-state index is 14.0. The number of rotatable bonds is 2. The molecule has 1 aliphatic heterocycles. The fourth-order valence-electron chi connectivity index (χ4n) is 2.39. The van der Waals surface area contributed by atoms with Gasteiger partial charge in [-0.15, -0.1) is 0 Å². The summed E-state index contributed by atoms with van der Waals surface area (Å²) in [6.45, 7) is 0.476. The predicted octanol–water partition coefficient (Wildman–Crippen LogP) is 2.32. The van der Waals surface area contributed by atoms with Crippen LogP contribution in [-0.4, -0.2) is 11.6 Å². The fraction of sp³-hybridized carbons (Fsp3) is 0.214. The number of aromatic amines is 1. The number of hydrogen-bond acceptors (Lipinski definition) is 2. The Balaban J connectivity index is 2.16. The van der Waals surface area contributed by atoms with Gasteiger partial charge in [0.25, 0.3) is 5.56 Å². The van der Waals surface area contributed by atoms with Crippen molar-refractivity contribution in [2.75, 3.05) is 6.61 Å². The summed E-state index contributed by atoms with van der Waals surface area (Å²) in [5, 5.41) is 0. The SMILES string of the molecule is O=c1[nH]ccc(C2(c3ccc(F)cc3)CCO2)c1F. The van der Waals surface area contributed by atoms with Crippen molar-refractivity contribution in [3.05, 3.63) is 69.6 Å². The molecule has 3 nitrogen and oxygen atoms in total. The normalized spacial score (nSPS) is 22.0. The molecule has 19 heavy (non-hydrogen) atoms. The van der Waals surface area contributed by atoms with Crippen LogP contribution in [0.25, 0.3) is 0 Å². The van der Waals surface area contributed by atoms with E-state index in [0.29, 0.717) is 18.6 Å². The van der Waals surface area contributed by atoms with Crippen LogP contribution in [-0.2, 0) is 10.3 Å². The number of aromatic nitrogens is 1. The standard InChI is InChI=1S/C14H11F2NO2/c15-10-3-1-9(2-4-10)14(6-8-19-14)11-5-7-17-13(18)12(11)16/h1-5,7H,6,8H2,(H,17,18). The van der Waals surface area contributed by atoms with E-state index in [2.05, 4.69) is 4.98 Å². The zero-order valence-corrected chi connectivity index (χ0v) is 9.95. The van der Waals surface area contributed by atoms with E-state index < -0.39 is 17.0 Å². The van der Waals surface area contributed by atoms with Gasteiger partial charge in [0, 0.05) is 18.2 Å². The number of benzene rings is 1. The second-order valence-corrected chi connectivity index (χ2v) is 4.47. The van der Waals surface area contributed by atoms with Crippen molar-refractivity contribution >= 4 is 0 Å².